The highest BCUT2D eigenvalue weighted by molar-refractivity contribution is 8.18. The molecule has 1 aliphatic carbocycles. The monoisotopic (exact) mass is 248 g/mol. The van der Waals surface area contributed by atoms with Crippen molar-refractivity contribution in [3.8, 4) is 0 Å². The van der Waals surface area contributed by atoms with E-state index in [1.54, 1.807) is 0 Å². The zero-order chi connectivity index (χ0) is 10.2. The number of hydrogen-bond donors (Lipinski definition) is 0. The lowest BCUT2D eigenvalue weighted by Crippen LogP contribution is -2.48. The molecule has 0 aromatic heterocycles. The van der Waals surface area contributed by atoms with Crippen molar-refractivity contribution >= 4 is 31.8 Å². The predicted octanol–water partition coefficient (Wildman–Crippen LogP) is 3.57. The lowest BCUT2D eigenvalue weighted by Gasteiger charge is -2.50. The Morgan fingerprint density at radius 3 is 2.21 bits per heavy atom. The average Bonchev–Trinajstić information content (AvgIpc) is 2.00. The maximum atomic E-state index is 6.11. The van der Waals surface area contributed by atoms with Crippen molar-refractivity contribution in [1.82, 2.24) is 0 Å². The van der Waals surface area contributed by atoms with Crippen LogP contribution in [0.2, 0.25) is 19.6 Å². The maximum absolute atomic E-state index is 6.11. The van der Waals surface area contributed by atoms with Crippen LogP contribution >= 0.6 is 23.5 Å². The molecule has 0 unspecified atom stereocenters. The van der Waals surface area contributed by atoms with Gasteiger partial charge in [-0.25, -0.2) is 0 Å². The Balaban J connectivity index is 1.78. The SMILES string of the molecule is C[Si](C)(C)OC1CC2(C1)SCCCS2. The Labute approximate surface area is 96.9 Å². The third kappa shape index (κ3) is 2.71. The van der Waals surface area contributed by atoms with Crippen LogP contribution in [0.15, 0.2) is 0 Å². The molecule has 0 radical (unpaired) electrons. The minimum atomic E-state index is -1.29. The fourth-order valence-corrected chi connectivity index (χ4v) is 6.79. The molecule has 1 saturated heterocycles. The minimum absolute atomic E-state index is 0.572. The van der Waals surface area contributed by atoms with Crippen LogP contribution in [0.4, 0.5) is 0 Å². The molecule has 1 spiro atoms. The molecule has 0 aromatic rings. The Morgan fingerprint density at radius 2 is 1.71 bits per heavy atom. The van der Waals surface area contributed by atoms with Crippen molar-refractivity contribution in [2.24, 2.45) is 0 Å². The van der Waals surface area contributed by atoms with Crippen molar-refractivity contribution in [1.29, 1.82) is 0 Å². The van der Waals surface area contributed by atoms with E-state index in [0.29, 0.717) is 10.2 Å². The topological polar surface area (TPSA) is 9.23 Å². The van der Waals surface area contributed by atoms with Crippen molar-refractivity contribution in [3.63, 3.8) is 0 Å². The van der Waals surface area contributed by atoms with E-state index in [1.807, 2.05) is 0 Å². The van der Waals surface area contributed by atoms with Gasteiger partial charge in [0, 0.05) is 6.10 Å². The highest BCUT2D eigenvalue weighted by Crippen LogP contribution is 2.56. The zero-order valence-corrected chi connectivity index (χ0v) is 12.0. The molecule has 1 saturated carbocycles. The summed E-state index contributed by atoms with van der Waals surface area (Å²) in [6.07, 6.45) is 4.58. The highest BCUT2D eigenvalue weighted by Gasteiger charge is 2.47. The van der Waals surface area contributed by atoms with Gasteiger partial charge in [-0.15, -0.1) is 23.5 Å². The van der Waals surface area contributed by atoms with Gasteiger partial charge in [0.05, 0.1) is 4.08 Å². The number of thioether (sulfide) groups is 2. The van der Waals surface area contributed by atoms with Crippen LogP contribution in [-0.2, 0) is 4.43 Å². The summed E-state index contributed by atoms with van der Waals surface area (Å²) < 4.78 is 6.69. The molecule has 0 N–H and O–H groups in total. The van der Waals surface area contributed by atoms with E-state index in [4.69, 9.17) is 4.43 Å². The van der Waals surface area contributed by atoms with E-state index in [-0.39, 0.29) is 0 Å². The van der Waals surface area contributed by atoms with Gasteiger partial charge in [0.2, 0.25) is 0 Å². The smallest absolute Gasteiger partial charge is 0.184 e. The first-order chi connectivity index (χ1) is 6.49. The van der Waals surface area contributed by atoms with Crippen molar-refractivity contribution < 1.29 is 4.43 Å². The molecule has 1 nitrogen and oxygen atoms in total. The summed E-state index contributed by atoms with van der Waals surface area (Å²) in [6, 6.07) is 0. The molecule has 1 heterocycles. The van der Waals surface area contributed by atoms with E-state index < -0.39 is 8.32 Å². The first kappa shape index (κ1) is 11.4. The molecule has 2 fully saturated rings. The van der Waals surface area contributed by atoms with Gasteiger partial charge in [-0.2, -0.15) is 0 Å². The van der Waals surface area contributed by atoms with Crippen LogP contribution < -0.4 is 0 Å². The van der Waals surface area contributed by atoms with E-state index in [9.17, 15) is 0 Å². The first-order valence-corrected chi connectivity index (χ1v) is 10.8. The van der Waals surface area contributed by atoms with Crippen LogP contribution in [0.25, 0.3) is 0 Å². The molecule has 1 aliphatic heterocycles. The summed E-state index contributed by atoms with van der Waals surface area (Å²) in [4.78, 5) is 0. The zero-order valence-electron chi connectivity index (χ0n) is 9.34. The summed E-state index contributed by atoms with van der Waals surface area (Å²) in [5, 5.41) is 0. The van der Waals surface area contributed by atoms with E-state index >= 15 is 0 Å². The molecular weight excluding hydrogens is 228 g/mol. The summed E-state index contributed by atoms with van der Waals surface area (Å²) in [6.45, 7) is 6.87. The average molecular weight is 248 g/mol. The van der Waals surface area contributed by atoms with Gasteiger partial charge in [-0.05, 0) is 50.4 Å². The lowest BCUT2D eigenvalue weighted by atomic mass is 9.95. The van der Waals surface area contributed by atoms with Crippen LogP contribution in [0.5, 0.6) is 0 Å². The molecule has 14 heavy (non-hydrogen) atoms. The summed E-state index contributed by atoms with van der Waals surface area (Å²) in [5.41, 5.74) is 0. The molecule has 2 rings (SSSR count). The third-order valence-electron chi connectivity index (χ3n) is 2.62. The molecule has 0 bridgehead atoms. The molecule has 0 amide bonds. The van der Waals surface area contributed by atoms with E-state index in [2.05, 4.69) is 43.2 Å². The summed E-state index contributed by atoms with van der Waals surface area (Å²) in [5.74, 6) is 2.74. The van der Waals surface area contributed by atoms with E-state index in [1.165, 1.54) is 30.8 Å². The second kappa shape index (κ2) is 4.04. The first-order valence-electron chi connectivity index (χ1n) is 5.45. The summed E-state index contributed by atoms with van der Waals surface area (Å²) >= 11 is 4.36. The second-order valence-corrected chi connectivity index (χ2v) is 12.9. The third-order valence-corrected chi connectivity index (χ3v) is 7.07. The standard InChI is InChI=1S/C10H20OS2Si/c1-14(2,3)11-9-7-10(8-9)12-5-4-6-13-10/h9H,4-8H2,1-3H3. The Hall–Kier alpha value is 0.877. The van der Waals surface area contributed by atoms with Gasteiger partial charge in [-0.3, -0.25) is 0 Å². The number of rotatable bonds is 2. The fraction of sp³-hybridized carbons (Fsp3) is 1.00. The molecule has 82 valence electrons. The largest absolute Gasteiger partial charge is 0.415 e. The maximum Gasteiger partial charge on any atom is 0.184 e. The van der Waals surface area contributed by atoms with Gasteiger partial charge >= 0.3 is 0 Å². The quantitative estimate of drug-likeness (QED) is 0.692. The Kier molecular flexibility index (Phi) is 3.28. The van der Waals surface area contributed by atoms with E-state index in [0.717, 1.165) is 0 Å². The van der Waals surface area contributed by atoms with Gasteiger partial charge < -0.3 is 4.43 Å². The van der Waals surface area contributed by atoms with Crippen molar-refractivity contribution in [2.75, 3.05) is 11.5 Å². The fourth-order valence-electron chi connectivity index (χ4n) is 2.07. The van der Waals surface area contributed by atoms with Gasteiger partial charge in [0.25, 0.3) is 0 Å². The number of hydrogen-bond acceptors (Lipinski definition) is 3. The second-order valence-electron chi connectivity index (χ2n) is 5.22. The summed E-state index contributed by atoms with van der Waals surface area (Å²) in [7, 11) is -1.29. The highest BCUT2D eigenvalue weighted by atomic mass is 32.2. The van der Waals surface area contributed by atoms with Gasteiger partial charge in [0.15, 0.2) is 8.32 Å². The van der Waals surface area contributed by atoms with Crippen LogP contribution in [0.1, 0.15) is 19.3 Å². The Bertz CT molecular complexity index is 201. The van der Waals surface area contributed by atoms with Gasteiger partial charge in [-0.1, -0.05) is 0 Å². The van der Waals surface area contributed by atoms with Crippen LogP contribution in [0, 0.1) is 0 Å². The molecule has 4 heteroatoms. The van der Waals surface area contributed by atoms with Crippen molar-refractivity contribution in [2.45, 2.75) is 49.1 Å². The lowest BCUT2D eigenvalue weighted by molar-refractivity contribution is 0.108. The van der Waals surface area contributed by atoms with Crippen LogP contribution in [-0.4, -0.2) is 30.0 Å². The minimum Gasteiger partial charge on any atom is -0.415 e. The molecule has 0 aromatic carbocycles. The predicted molar refractivity (Wildman–Crippen MR) is 69.7 cm³/mol. The molecular formula is C10H20OS2Si. The van der Waals surface area contributed by atoms with Crippen molar-refractivity contribution in [3.05, 3.63) is 0 Å². The molecule has 0 atom stereocenters. The van der Waals surface area contributed by atoms with Gasteiger partial charge in [0.1, 0.15) is 0 Å². The molecule has 2 aliphatic rings. The van der Waals surface area contributed by atoms with Crippen LogP contribution in [0.3, 0.4) is 0 Å². The normalized spacial score (nSPS) is 27.6. The Morgan fingerprint density at radius 1 is 1.14 bits per heavy atom.